The second-order valence-corrected chi connectivity index (χ2v) is 7.25. The lowest BCUT2D eigenvalue weighted by Crippen LogP contribution is -2.31. The van der Waals surface area contributed by atoms with Gasteiger partial charge in [-0.3, -0.25) is 4.31 Å². The molecule has 0 aliphatic carbocycles. The fraction of sp³-hybridized carbons (Fsp3) is 0.143. The normalized spacial score (nSPS) is 11.4. The molecule has 0 heterocycles. The van der Waals surface area contributed by atoms with Crippen molar-refractivity contribution in [2.75, 3.05) is 10.8 Å². The predicted molar refractivity (Wildman–Crippen MR) is 88.1 cm³/mol. The van der Waals surface area contributed by atoms with Gasteiger partial charge in [0.05, 0.1) is 20.8 Å². The minimum absolute atomic E-state index is 0.0405. The molecule has 0 radical (unpaired) electrons. The van der Waals surface area contributed by atoms with E-state index in [1.807, 2.05) is 6.07 Å². The molecule has 0 amide bonds. The highest BCUT2D eigenvalue weighted by atomic mass is 35.5. The second kappa shape index (κ2) is 6.44. The molecule has 0 aliphatic rings. The van der Waals surface area contributed by atoms with Gasteiger partial charge < -0.3 is 0 Å². The molecule has 21 heavy (non-hydrogen) atoms. The highest BCUT2D eigenvalue weighted by Gasteiger charge is 2.27. The van der Waals surface area contributed by atoms with Gasteiger partial charge in [-0.1, -0.05) is 53.0 Å². The van der Waals surface area contributed by atoms with Crippen LogP contribution in [0.2, 0.25) is 15.1 Å². The maximum atomic E-state index is 12.8. The summed E-state index contributed by atoms with van der Waals surface area (Å²) in [5, 5.41) is 0.394. The Labute approximate surface area is 139 Å². The fourth-order valence-corrected chi connectivity index (χ4v) is 4.36. The molecule has 0 fully saturated rings. The quantitative estimate of drug-likeness (QED) is 0.726. The second-order valence-electron chi connectivity index (χ2n) is 4.20. The third-order valence-corrected chi connectivity index (χ3v) is 5.96. The van der Waals surface area contributed by atoms with Crippen molar-refractivity contribution in [1.82, 2.24) is 0 Å². The molecule has 0 atom stereocenters. The maximum absolute atomic E-state index is 12.8. The molecule has 0 N–H and O–H groups in total. The lowest BCUT2D eigenvalue weighted by molar-refractivity contribution is 0.592. The van der Waals surface area contributed by atoms with Crippen LogP contribution < -0.4 is 4.31 Å². The number of para-hydroxylation sites is 1. The summed E-state index contributed by atoms with van der Waals surface area (Å²) in [4.78, 5) is -0.0655. The van der Waals surface area contributed by atoms with E-state index in [4.69, 9.17) is 34.8 Å². The number of rotatable bonds is 4. The first-order valence-electron chi connectivity index (χ1n) is 6.10. The molecule has 0 spiro atoms. The van der Waals surface area contributed by atoms with Gasteiger partial charge in [0, 0.05) is 6.54 Å². The van der Waals surface area contributed by atoms with Crippen LogP contribution in [0.5, 0.6) is 0 Å². The summed E-state index contributed by atoms with van der Waals surface area (Å²) in [6.07, 6.45) is 0. The number of sulfonamides is 1. The zero-order valence-corrected chi connectivity index (χ0v) is 14.1. The molecule has 3 nitrogen and oxygen atoms in total. The van der Waals surface area contributed by atoms with Crippen molar-refractivity contribution < 1.29 is 8.42 Å². The standard InChI is InChI=1S/C14H12Cl3NO2S/c1-2-18(10-6-4-3-5-7-10)21(19,20)14-9-12(16)11(15)8-13(14)17/h3-9H,2H2,1H3. The Morgan fingerprint density at radius 3 is 2.10 bits per heavy atom. The molecular formula is C14H12Cl3NO2S. The van der Waals surface area contributed by atoms with Gasteiger partial charge in [0.2, 0.25) is 0 Å². The van der Waals surface area contributed by atoms with Crippen molar-refractivity contribution in [1.29, 1.82) is 0 Å². The van der Waals surface area contributed by atoms with Crippen LogP contribution >= 0.6 is 34.8 Å². The number of anilines is 1. The van der Waals surface area contributed by atoms with E-state index >= 15 is 0 Å². The van der Waals surface area contributed by atoms with Crippen LogP contribution in [0.3, 0.4) is 0 Å². The highest BCUT2D eigenvalue weighted by molar-refractivity contribution is 7.93. The summed E-state index contributed by atoms with van der Waals surface area (Å²) in [6, 6.07) is 11.4. The molecule has 2 rings (SSSR count). The van der Waals surface area contributed by atoms with Crippen molar-refractivity contribution in [3.8, 4) is 0 Å². The Morgan fingerprint density at radius 1 is 0.952 bits per heavy atom. The highest BCUT2D eigenvalue weighted by Crippen LogP contribution is 2.34. The average Bonchev–Trinajstić information content (AvgIpc) is 2.44. The first-order chi connectivity index (χ1) is 9.87. The first kappa shape index (κ1) is 16.4. The van der Waals surface area contributed by atoms with Gasteiger partial charge >= 0.3 is 0 Å². The summed E-state index contributed by atoms with van der Waals surface area (Å²) in [5.41, 5.74) is 0.558. The molecule has 0 aliphatic heterocycles. The van der Waals surface area contributed by atoms with Crippen LogP contribution in [0, 0.1) is 0 Å². The summed E-state index contributed by atoms with van der Waals surface area (Å²) in [6.45, 7) is 2.01. The van der Waals surface area contributed by atoms with Crippen LogP contribution in [0.25, 0.3) is 0 Å². The lowest BCUT2D eigenvalue weighted by atomic mass is 10.3. The summed E-state index contributed by atoms with van der Waals surface area (Å²) in [5.74, 6) is 0. The Bertz CT molecular complexity index is 748. The molecule has 0 saturated heterocycles. The molecule has 0 saturated carbocycles. The number of hydrogen-bond donors (Lipinski definition) is 0. The SMILES string of the molecule is CCN(c1ccccc1)S(=O)(=O)c1cc(Cl)c(Cl)cc1Cl. The van der Waals surface area contributed by atoms with E-state index in [9.17, 15) is 8.42 Å². The zero-order chi connectivity index (χ0) is 15.6. The maximum Gasteiger partial charge on any atom is 0.265 e. The lowest BCUT2D eigenvalue weighted by Gasteiger charge is -2.23. The average molecular weight is 365 g/mol. The summed E-state index contributed by atoms with van der Waals surface area (Å²) < 4.78 is 26.8. The molecule has 0 aromatic heterocycles. The molecule has 7 heteroatoms. The van der Waals surface area contributed by atoms with Crippen LogP contribution in [0.1, 0.15) is 6.92 Å². The number of halogens is 3. The number of benzene rings is 2. The van der Waals surface area contributed by atoms with Crippen LogP contribution in [-0.2, 0) is 10.0 Å². The molecule has 0 bridgehead atoms. The van der Waals surface area contributed by atoms with E-state index < -0.39 is 10.0 Å². The van der Waals surface area contributed by atoms with Gasteiger partial charge in [0.15, 0.2) is 0 Å². The van der Waals surface area contributed by atoms with Gasteiger partial charge in [-0.05, 0) is 31.2 Å². The van der Waals surface area contributed by atoms with Crippen molar-refractivity contribution in [3.63, 3.8) is 0 Å². The minimum Gasteiger partial charge on any atom is -0.267 e. The van der Waals surface area contributed by atoms with Crippen molar-refractivity contribution in [2.45, 2.75) is 11.8 Å². The largest absolute Gasteiger partial charge is 0.267 e. The van der Waals surface area contributed by atoms with E-state index in [0.717, 1.165) is 0 Å². The summed E-state index contributed by atoms with van der Waals surface area (Å²) >= 11 is 17.8. The van der Waals surface area contributed by atoms with E-state index in [0.29, 0.717) is 5.69 Å². The van der Waals surface area contributed by atoms with Gasteiger partial charge in [0.25, 0.3) is 10.0 Å². The van der Waals surface area contributed by atoms with Crippen molar-refractivity contribution in [2.24, 2.45) is 0 Å². The van der Waals surface area contributed by atoms with E-state index in [2.05, 4.69) is 0 Å². The van der Waals surface area contributed by atoms with E-state index in [-0.39, 0.29) is 26.5 Å². The van der Waals surface area contributed by atoms with Crippen LogP contribution in [0.4, 0.5) is 5.69 Å². The molecule has 112 valence electrons. The number of nitrogens with zero attached hydrogens (tertiary/aromatic N) is 1. The van der Waals surface area contributed by atoms with Gasteiger partial charge in [-0.2, -0.15) is 0 Å². The van der Waals surface area contributed by atoms with Crippen molar-refractivity contribution >= 4 is 50.5 Å². The zero-order valence-electron chi connectivity index (χ0n) is 11.1. The van der Waals surface area contributed by atoms with Gasteiger partial charge in [-0.25, -0.2) is 8.42 Å². The topological polar surface area (TPSA) is 37.4 Å². The van der Waals surface area contributed by atoms with Crippen molar-refractivity contribution in [3.05, 3.63) is 57.5 Å². The monoisotopic (exact) mass is 363 g/mol. The van der Waals surface area contributed by atoms with Gasteiger partial charge in [0.1, 0.15) is 4.90 Å². The molecule has 2 aromatic rings. The first-order valence-corrected chi connectivity index (χ1v) is 8.67. The Morgan fingerprint density at radius 2 is 1.52 bits per heavy atom. The van der Waals surface area contributed by atoms with Gasteiger partial charge in [-0.15, -0.1) is 0 Å². The molecule has 2 aromatic carbocycles. The Kier molecular flexibility index (Phi) is 5.04. The summed E-state index contributed by atoms with van der Waals surface area (Å²) in [7, 11) is -3.82. The number of hydrogen-bond acceptors (Lipinski definition) is 2. The Hall–Kier alpha value is -0.940. The third kappa shape index (κ3) is 3.29. The fourth-order valence-electron chi connectivity index (χ4n) is 1.91. The third-order valence-electron chi connectivity index (χ3n) is 2.87. The van der Waals surface area contributed by atoms with E-state index in [1.165, 1.54) is 16.4 Å². The molecule has 0 unspecified atom stereocenters. The van der Waals surface area contributed by atoms with E-state index in [1.54, 1.807) is 31.2 Å². The van der Waals surface area contributed by atoms with Crippen LogP contribution in [-0.4, -0.2) is 15.0 Å². The smallest absolute Gasteiger partial charge is 0.265 e. The Balaban J connectivity index is 2.58. The predicted octanol–water partition coefficient (Wildman–Crippen LogP) is 4.86. The minimum atomic E-state index is -3.82. The molecular weight excluding hydrogens is 353 g/mol. The van der Waals surface area contributed by atoms with Crippen LogP contribution in [0.15, 0.2) is 47.4 Å².